The Balaban J connectivity index is 1.26. The van der Waals surface area contributed by atoms with Crippen LogP contribution in [-0.2, 0) is 4.79 Å². The van der Waals surface area contributed by atoms with Gasteiger partial charge >= 0.3 is 0 Å². The molecule has 7 nitrogen and oxygen atoms in total. The number of aromatic nitrogens is 3. The summed E-state index contributed by atoms with van der Waals surface area (Å²) in [4.78, 5) is 25.2. The molecular weight excluding hydrogens is 407 g/mol. The van der Waals surface area contributed by atoms with Crippen LogP contribution in [0, 0.1) is 11.7 Å². The van der Waals surface area contributed by atoms with Crippen LogP contribution in [0.4, 0.5) is 16.2 Å². The number of hydrogen-bond acceptors (Lipinski definition) is 6. The highest BCUT2D eigenvalue weighted by Crippen LogP contribution is 2.35. The lowest BCUT2D eigenvalue weighted by atomic mass is 9.80. The van der Waals surface area contributed by atoms with Gasteiger partial charge in [0.2, 0.25) is 11.9 Å². The predicted octanol–water partition coefficient (Wildman–Crippen LogP) is 3.84. The third kappa shape index (κ3) is 5.64. The van der Waals surface area contributed by atoms with Gasteiger partial charge in [0.15, 0.2) is 0 Å². The maximum Gasteiger partial charge on any atom is 0.241 e. The molecule has 0 aliphatic heterocycles. The number of benzene rings is 1. The van der Waals surface area contributed by atoms with Gasteiger partial charge in [0.1, 0.15) is 17.7 Å². The van der Waals surface area contributed by atoms with Gasteiger partial charge < -0.3 is 16.4 Å². The molecule has 1 fully saturated rings. The van der Waals surface area contributed by atoms with Crippen LogP contribution < -0.4 is 16.4 Å². The van der Waals surface area contributed by atoms with Crippen molar-refractivity contribution in [1.29, 1.82) is 0 Å². The second-order valence-corrected chi connectivity index (χ2v) is 8.14. The minimum atomic E-state index is -0.643. The Morgan fingerprint density at radius 3 is 2.56 bits per heavy atom. The van der Waals surface area contributed by atoms with E-state index in [0.717, 1.165) is 43.1 Å². The summed E-state index contributed by atoms with van der Waals surface area (Å²) in [5.74, 6) is 1.20. The minimum Gasteiger partial charge on any atom is -0.354 e. The summed E-state index contributed by atoms with van der Waals surface area (Å²) in [5, 5.41) is 6.03. The molecule has 1 atom stereocenters. The molecule has 1 amide bonds. The summed E-state index contributed by atoms with van der Waals surface area (Å²) in [6.07, 6.45) is 6.90. The topological polar surface area (TPSA) is 106 Å². The molecule has 1 aliphatic rings. The van der Waals surface area contributed by atoms with Gasteiger partial charge in [0.05, 0.1) is 6.20 Å². The smallest absolute Gasteiger partial charge is 0.241 e. The Kier molecular flexibility index (Phi) is 7.01. The Morgan fingerprint density at radius 1 is 1.06 bits per heavy atom. The quantitative estimate of drug-likeness (QED) is 0.522. The number of rotatable bonds is 7. The highest BCUT2D eigenvalue weighted by atomic mass is 19.1. The van der Waals surface area contributed by atoms with E-state index in [0.29, 0.717) is 30.1 Å². The first-order valence-corrected chi connectivity index (χ1v) is 10.9. The zero-order valence-electron chi connectivity index (χ0n) is 17.7. The van der Waals surface area contributed by atoms with Crippen molar-refractivity contribution in [3.63, 3.8) is 0 Å². The molecule has 166 valence electrons. The number of pyridine rings is 1. The van der Waals surface area contributed by atoms with Crippen LogP contribution in [-0.4, -0.2) is 27.4 Å². The average Bonchev–Trinajstić information content (AvgIpc) is 2.84. The third-order valence-corrected chi connectivity index (χ3v) is 5.92. The Labute approximate surface area is 186 Å². The standard InChI is InChI=1S/C24H27FN6O/c25-19-10-11-21(28-15-19)31-24-27-13-12-20(30-24)17-8-6-16(7-9-17)14-29-23(32)22(26)18-4-2-1-3-5-18/h1-5,10-13,15-17,22H,6-9,14,26H2,(H,29,32)(H,27,28,30,31). The lowest BCUT2D eigenvalue weighted by molar-refractivity contribution is -0.122. The fraction of sp³-hybridized carbons (Fsp3) is 0.333. The zero-order chi connectivity index (χ0) is 22.3. The van der Waals surface area contributed by atoms with Gasteiger partial charge in [0.25, 0.3) is 0 Å². The number of carbonyl (C=O) groups is 1. The molecule has 3 aromatic rings. The van der Waals surface area contributed by atoms with Gasteiger partial charge in [0, 0.05) is 24.4 Å². The van der Waals surface area contributed by atoms with Crippen LogP contribution in [0.1, 0.15) is 48.9 Å². The zero-order valence-corrected chi connectivity index (χ0v) is 17.7. The van der Waals surface area contributed by atoms with Gasteiger partial charge in [-0.15, -0.1) is 0 Å². The summed E-state index contributed by atoms with van der Waals surface area (Å²) >= 11 is 0. The predicted molar refractivity (Wildman–Crippen MR) is 121 cm³/mol. The molecule has 4 rings (SSSR count). The van der Waals surface area contributed by atoms with Crippen LogP contribution >= 0.6 is 0 Å². The fourth-order valence-electron chi connectivity index (χ4n) is 4.05. The van der Waals surface area contributed by atoms with Crippen LogP contribution in [0.2, 0.25) is 0 Å². The number of anilines is 2. The Bertz CT molecular complexity index is 1020. The second-order valence-electron chi connectivity index (χ2n) is 8.14. The van der Waals surface area contributed by atoms with Crippen LogP contribution in [0.5, 0.6) is 0 Å². The summed E-state index contributed by atoms with van der Waals surface area (Å²) in [5.41, 5.74) is 7.88. The molecule has 1 unspecified atom stereocenters. The first-order chi connectivity index (χ1) is 15.6. The lowest BCUT2D eigenvalue weighted by Crippen LogP contribution is -2.37. The van der Waals surface area contributed by atoms with Gasteiger partial charge in [-0.3, -0.25) is 4.79 Å². The third-order valence-electron chi connectivity index (χ3n) is 5.92. The van der Waals surface area contributed by atoms with Crippen molar-refractivity contribution in [3.05, 3.63) is 78.0 Å². The Hall–Kier alpha value is -3.39. The molecule has 1 saturated carbocycles. The summed E-state index contributed by atoms with van der Waals surface area (Å²) < 4.78 is 13.0. The van der Waals surface area contributed by atoms with Gasteiger partial charge in [-0.1, -0.05) is 30.3 Å². The number of carbonyl (C=O) groups excluding carboxylic acids is 1. The van der Waals surface area contributed by atoms with Crippen molar-refractivity contribution < 1.29 is 9.18 Å². The summed E-state index contributed by atoms with van der Waals surface area (Å²) in [6.45, 7) is 0.638. The number of hydrogen-bond donors (Lipinski definition) is 3. The van der Waals surface area contributed by atoms with E-state index in [-0.39, 0.29) is 11.7 Å². The van der Waals surface area contributed by atoms with E-state index in [4.69, 9.17) is 5.73 Å². The molecule has 4 N–H and O–H groups in total. The maximum atomic E-state index is 13.0. The molecule has 1 aliphatic carbocycles. The molecule has 2 aromatic heterocycles. The van der Waals surface area contributed by atoms with Crippen molar-refractivity contribution >= 4 is 17.7 Å². The average molecular weight is 435 g/mol. The van der Waals surface area contributed by atoms with E-state index in [2.05, 4.69) is 25.6 Å². The molecule has 32 heavy (non-hydrogen) atoms. The van der Waals surface area contributed by atoms with Gasteiger partial charge in [-0.05, 0) is 55.4 Å². The van der Waals surface area contributed by atoms with E-state index < -0.39 is 6.04 Å². The van der Waals surface area contributed by atoms with Crippen LogP contribution in [0.15, 0.2) is 60.9 Å². The van der Waals surface area contributed by atoms with Gasteiger partial charge in [-0.25, -0.2) is 19.3 Å². The van der Waals surface area contributed by atoms with Gasteiger partial charge in [-0.2, -0.15) is 0 Å². The van der Waals surface area contributed by atoms with E-state index in [1.54, 1.807) is 12.3 Å². The molecule has 8 heteroatoms. The van der Waals surface area contributed by atoms with Crippen LogP contribution in [0.25, 0.3) is 0 Å². The largest absolute Gasteiger partial charge is 0.354 e. The molecule has 0 saturated heterocycles. The Morgan fingerprint density at radius 2 is 1.84 bits per heavy atom. The number of halogens is 1. The number of nitrogens with zero attached hydrogens (tertiary/aromatic N) is 3. The molecule has 0 radical (unpaired) electrons. The molecule has 0 bridgehead atoms. The minimum absolute atomic E-state index is 0.140. The summed E-state index contributed by atoms with van der Waals surface area (Å²) in [6, 6.07) is 13.6. The van der Waals surface area contributed by atoms with E-state index in [9.17, 15) is 9.18 Å². The van der Waals surface area contributed by atoms with Crippen molar-refractivity contribution in [2.24, 2.45) is 11.7 Å². The molecule has 2 heterocycles. The maximum absolute atomic E-state index is 13.0. The fourth-order valence-corrected chi connectivity index (χ4v) is 4.05. The second kappa shape index (κ2) is 10.3. The van der Waals surface area contributed by atoms with Crippen molar-refractivity contribution in [2.45, 2.75) is 37.6 Å². The lowest BCUT2D eigenvalue weighted by Gasteiger charge is -2.28. The van der Waals surface area contributed by atoms with Crippen molar-refractivity contribution in [3.8, 4) is 0 Å². The highest BCUT2D eigenvalue weighted by molar-refractivity contribution is 5.82. The van der Waals surface area contributed by atoms with Crippen LogP contribution in [0.3, 0.4) is 0 Å². The first kappa shape index (κ1) is 21.8. The molecular formula is C24H27FN6O. The van der Waals surface area contributed by atoms with E-state index in [1.807, 2.05) is 36.4 Å². The molecule has 1 aromatic carbocycles. The monoisotopic (exact) mass is 434 g/mol. The van der Waals surface area contributed by atoms with E-state index in [1.165, 1.54) is 6.07 Å². The van der Waals surface area contributed by atoms with Crippen molar-refractivity contribution in [2.75, 3.05) is 11.9 Å². The highest BCUT2D eigenvalue weighted by Gasteiger charge is 2.25. The number of amides is 1. The molecule has 0 spiro atoms. The number of nitrogens with one attached hydrogen (secondary N) is 2. The number of nitrogens with two attached hydrogens (primary N) is 1. The normalized spacial score (nSPS) is 19.2. The first-order valence-electron chi connectivity index (χ1n) is 10.9. The van der Waals surface area contributed by atoms with Crippen molar-refractivity contribution in [1.82, 2.24) is 20.3 Å². The van der Waals surface area contributed by atoms with E-state index >= 15 is 0 Å². The summed E-state index contributed by atoms with van der Waals surface area (Å²) in [7, 11) is 0. The SMILES string of the molecule is NC(C(=O)NCC1CCC(c2ccnc(Nc3ccc(F)cn3)n2)CC1)c1ccccc1.